The molecule has 1 heterocycles. The van der Waals surface area contributed by atoms with Crippen molar-refractivity contribution >= 4 is 17.3 Å². The highest BCUT2D eigenvalue weighted by Gasteiger charge is 2.05. The number of anilines is 1. The van der Waals surface area contributed by atoms with Gasteiger partial charge in [-0.15, -0.1) is 0 Å². The Morgan fingerprint density at radius 3 is 2.75 bits per heavy atom. The first kappa shape index (κ1) is 10.7. The second kappa shape index (κ2) is 3.98. The lowest BCUT2D eigenvalue weighted by molar-refractivity contribution is 0.708. The van der Waals surface area contributed by atoms with Crippen LogP contribution >= 0.6 is 11.6 Å². The summed E-state index contributed by atoms with van der Waals surface area (Å²) < 4.78 is 1.26. The summed E-state index contributed by atoms with van der Waals surface area (Å²) in [5, 5.41) is 4.50. The number of rotatable bonds is 1. The molecular formula is C11H10ClN3O. The fraction of sp³-hybridized carbons (Fsp3) is 0.0909. The van der Waals surface area contributed by atoms with Gasteiger partial charge in [0.15, 0.2) is 0 Å². The van der Waals surface area contributed by atoms with Crippen molar-refractivity contribution in [1.29, 1.82) is 0 Å². The molecule has 2 rings (SSSR count). The molecule has 1 aromatic carbocycles. The predicted molar refractivity (Wildman–Crippen MR) is 64.3 cm³/mol. The van der Waals surface area contributed by atoms with Crippen LogP contribution in [-0.2, 0) is 7.05 Å². The molecule has 0 saturated carbocycles. The van der Waals surface area contributed by atoms with Crippen molar-refractivity contribution < 1.29 is 0 Å². The average molecular weight is 236 g/mol. The topological polar surface area (TPSA) is 60.9 Å². The van der Waals surface area contributed by atoms with Crippen molar-refractivity contribution in [3.63, 3.8) is 0 Å². The SMILES string of the molecule is Cn1ncc(-c2ccc(Cl)cc2N)cc1=O. The summed E-state index contributed by atoms with van der Waals surface area (Å²) in [6, 6.07) is 6.64. The summed E-state index contributed by atoms with van der Waals surface area (Å²) in [4.78, 5) is 11.4. The highest BCUT2D eigenvalue weighted by Crippen LogP contribution is 2.26. The highest BCUT2D eigenvalue weighted by molar-refractivity contribution is 6.31. The number of benzene rings is 1. The van der Waals surface area contributed by atoms with E-state index in [1.807, 2.05) is 0 Å². The minimum Gasteiger partial charge on any atom is -0.398 e. The van der Waals surface area contributed by atoms with Gasteiger partial charge in [-0.3, -0.25) is 4.79 Å². The zero-order chi connectivity index (χ0) is 11.7. The maximum Gasteiger partial charge on any atom is 0.267 e. The Kier molecular flexibility index (Phi) is 2.66. The Morgan fingerprint density at radius 2 is 2.12 bits per heavy atom. The minimum absolute atomic E-state index is 0.174. The molecule has 1 aromatic heterocycles. The number of hydrogen-bond donors (Lipinski definition) is 1. The highest BCUT2D eigenvalue weighted by atomic mass is 35.5. The zero-order valence-electron chi connectivity index (χ0n) is 8.64. The second-order valence-electron chi connectivity index (χ2n) is 3.44. The molecule has 4 nitrogen and oxygen atoms in total. The van der Waals surface area contributed by atoms with E-state index in [0.29, 0.717) is 16.3 Å². The van der Waals surface area contributed by atoms with Crippen LogP contribution in [0, 0.1) is 0 Å². The summed E-state index contributed by atoms with van der Waals surface area (Å²) >= 11 is 5.80. The third kappa shape index (κ3) is 1.92. The van der Waals surface area contributed by atoms with Crippen LogP contribution in [0.4, 0.5) is 5.69 Å². The Bertz CT molecular complexity index is 592. The molecular weight excluding hydrogens is 226 g/mol. The van der Waals surface area contributed by atoms with Crippen LogP contribution in [-0.4, -0.2) is 9.78 Å². The molecule has 0 saturated heterocycles. The molecule has 0 unspecified atom stereocenters. The standard InChI is InChI=1S/C11H10ClN3O/c1-15-11(16)4-7(6-14-15)9-3-2-8(12)5-10(9)13/h2-6H,13H2,1H3. The summed E-state index contributed by atoms with van der Waals surface area (Å²) in [5.41, 5.74) is 7.63. The molecule has 82 valence electrons. The number of nitrogens with zero attached hydrogens (tertiary/aromatic N) is 2. The predicted octanol–water partition coefficient (Wildman–Crippen LogP) is 1.68. The first-order valence-electron chi connectivity index (χ1n) is 4.66. The molecule has 0 aliphatic rings. The Balaban J connectivity index is 2.59. The van der Waals surface area contributed by atoms with Crippen LogP contribution in [0.2, 0.25) is 5.02 Å². The van der Waals surface area contributed by atoms with Crippen molar-refractivity contribution in [2.75, 3.05) is 5.73 Å². The molecule has 0 radical (unpaired) electrons. The number of nitrogens with two attached hydrogens (primary N) is 1. The van der Waals surface area contributed by atoms with Gasteiger partial charge in [-0.1, -0.05) is 17.7 Å². The summed E-state index contributed by atoms with van der Waals surface area (Å²) in [6.07, 6.45) is 1.60. The summed E-state index contributed by atoms with van der Waals surface area (Å²) in [5.74, 6) is 0. The third-order valence-corrected chi connectivity index (χ3v) is 2.53. The molecule has 0 aliphatic heterocycles. The van der Waals surface area contributed by atoms with E-state index >= 15 is 0 Å². The van der Waals surface area contributed by atoms with Gasteiger partial charge in [0.05, 0.1) is 6.20 Å². The first-order valence-corrected chi connectivity index (χ1v) is 5.04. The number of halogens is 1. The molecule has 0 fully saturated rings. The maximum absolute atomic E-state index is 11.4. The van der Waals surface area contributed by atoms with Crippen molar-refractivity contribution in [3.8, 4) is 11.1 Å². The number of hydrogen-bond acceptors (Lipinski definition) is 3. The van der Waals surface area contributed by atoms with Gasteiger partial charge in [0.25, 0.3) is 5.56 Å². The largest absolute Gasteiger partial charge is 0.398 e. The third-order valence-electron chi connectivity index (χ3n) is 2.29. The lowest BCUT2D eigenvalue weighted by Gasteiger charge is -2.06. The zero-order valence-corrected chi connectivity index (χ0v) is 9.40. The lowest BCUT2D eigenvalue weighted by Crippen LogP contribution is -2.17. The second-order valence-corrected chi connectivity index (χ2v) is 3.87. The molecule has 0 bridgehead atoms. The van der Waals surface area contributed by atoms with E-state index in [1.165, 1.54) is 10.7 Å². The Morgan fingerprint density at radius 1 is 1.38 bits per heavy atom. The molecule has 16 heavy (non-hydrogen) atoms. The van der Waals surface area contributed by atoms with E-state index in [0.717, 1.165) is 5.56 Å². The van der Waals surface area contributed by atoms with Gasteiger partial charge in [0.2, 0.25) is 0 Å². The number of nitrogen functional groups attached to an aromatic ring is 1. The van der Waals surface area contributed by atoms with Gasteiger partial charge in [0.1, 0.15) is 0 Å². The molecule has 5 heteroatoms. The van der Waals surface area contributed by atoms with Crippen LogP contribution < -0.4 is 11.3 Å². The van der Waals surface area contributed by atoms with Gasteiger partial charge < -0.3 is 5.73 Å². The van der Waals surface area contributed by atoms with Gasteiger partial charge in [-0.05, 0) is 12.1 Å². The quantitative estimate of drug-likeness (QED) is 0.765. The van der Waals surface area contributed by atoms with Crippen molar-refractivity contribution in [3.05, 3.63) is 45.8 Å². The lowest BCUT2D eigenvalue weighted by atomic mass is 10.1. The number of aromatic nitrogens is 2. The van der Waals surface area contributed by atoms with Gasteiger partial charge in [-0.25, -0.2) is 4.68 Å². The minimum atomic E-state index is -0.174. The number of aryl methyl sites for hydroxylation is 1. The molecule has 0 atom stereocenters. The van der Waals surface area contributed by atoms with Crippen LogP contribution in [0.3, 0.4) is 0 Å². The maximum atomic E-state index is 11.4. The molecule has 2 aromatic rings. The van der Waals surface area contributed by atoms with Gasteiger partial charge >= 0.3 is 0 Å². The van der Waals surface area contributed by atoms with E-state index in [1.54, 1.807) is 31.4 Å². The van der Waals surface area contributed by atoms with E-state index in [4.69, 9.17) is 17.3 Å². The molecule has 2 N–H and O–H groups in total. The average Bonchev–Trinajstić information content (AvgIpc) is 2.22. The summed E-state index contributed by atoms with van der Waals surface area (Å²) in [7, 11) is 1.59. The van der Waals surface area contributed by atoms with E-state index in [9.17, 15) is 4.79 Å². The van der Waals surface area contributed by atoms with Crippen molar-refractivity contribution in [2.24, 2.45) is 7.05 Å². The fourth-order valence-electron chi connectivity index (χ4n) is 1.41. The molecule has 0 aliphatic carbocycles. The van der Waals surface area contributed by atoms with Crippen LogP contribution in [0.5, 0.6) is 0 Å². The van der Waals surface area contributed by atoms with E-state index in [2.05, 4.69) is 5.10 Å². The smallest absolute Gasteiger partial charge is 0.267 e. The van der Waals surface area contributed by atoms with Crippen LogP contribution in [0.15, 0.2) is 35.3 Å². The van der Waals surface area contributed by atoms with E-state index < -0.39 is 0 Å². The molecule has 0 amide bonds. The Hall–Kier alpha value is -1.81. The van der Waals surface area contributed by atoms with Crippen LogP contribution in [0.1, 0.15) is 0 Å². The van der Waals surface area contributed by atoms with Crippen LogP contribution in [0.25, 0.3) is 11.1 Å². The van der Waals surface area contributed by atoms with Crippen molar-refractivity contribution in [1.82, 2.24) is 9.78 Å². The fourth-order valence-corrected chi connectivity index (χ4v) is 1.59. The van der Waals surface area contributed by atoms with Gasteiger partial charge in [0, 0.05) is 35.0 Å². The first-order chi connectivity index (χ1) is 7.58. The Labute approximate surface area is 97.3 Å². The monoisotopic (exact) mass is 235 g/mol. The normalized spacial score (nSPS) is 10.4. The summed E-state index contributed by atoms with van der Waals surface area (Å²) in [6.45, 7) is 0. The van der Waals surface area contributed by atoms with E-state index in [-0.39, 0.29) is 5.56 Å². The van der Waals surface area contributed by atoms with Crippen molar-refractivity contribution in [2.45, 2.75) is 0 Å². The molecule has 0 spiro atoms. The van der Waals surface area contributed by atoms with Gasteiger partial charge in [-0.2, -0.15) is 5.10 Å².